The van der Waals surface area contributed by atoms with Gasteiger partial charge in [-0.25, -0.2) is 0 Å². The highest BCUT2D eigenvalue weighted by molar-refractivity contribution is 4.96. The predicted molar refractivity (Wildman–Crippen MR) is 39.0 cm³/mol. The van der Waals surface area contributed by atoms with E-state index in [9.17, 15) is 0 Å². The van der Waals surface area contributed by atoms with Gasteiger partial charge in [-0.15, -0.1) is 18.9 Å². The van der Waals surface area contributed by atoms with Crippen molar-refractivity contribution in [1.82, 2.24) is 0 Å². The van der Waals surface area contributed by atoms with Crippen molar-refractivity contribution in [2.75, 3.05) is 0 Å². The van der Waals surface area contributed by atoms with Gasteiger partial charge in [-0.05, 0) is 5.92 Å². The highest BCUT2D eigenvalue weighted by Gasteiger charge is 1.75. The van der Waals surface area contributed by atoms with Crippen molar-refractivity contribution in [3.05, 3.63) is 25.5 Å². The number of hydrogen-bond acceptors (Lipinski definition) is 0. The molecular weight excluding hydrogens is 96.1 g/mol. The van der Waals surface area contributed by atoms with E-state index in [2.05, 4.69) is 19.9 Å². The van der Waals surface area contributed by atoms with Crippen LogP contribution in [-0.2, 0) is 0 Å². The first-order valence-electron chi connectivity index (χ1n) is 2.34. The van der Waals surface area contributed by atoms with Gasteiger partial charge in [0.15, 0.2) is 0 Å². The fraction of sp³-hybridized carbons (Fsp3) is 0.250. The SMILES string of the molecule is C#C[CH2].C=C[C](C)C. The summed E-state index contributed by atoms with van der Waals surface area (Å²) in [5, 5.41) is 0. The molecule has 0 fully saturated rings. The van der Waals surface area contributed by atoms with Gasteiger partial charge < -0.3 is 0 Å². The molecule has 2 radical (unpaired) electrons. The predicted octanol–water partition coefficient (Wildman–Crippen LogP) is 2.24. The maximum Gasteiger partial charge on any atom is 0.0196 e. The molecule has 0 aliphatic heterocycles. The summed E-state index contributed by atoms with van der Waals surface area (Å²) in [7, 11) is 0. The van der Waals surface area contributed by atoms with Crippen LogP contribution in [0.5, 0.6) is 0 Å². The Bertz CT molecular complexity index is 72.5. The standard InChI is InChI=1S/C5H9.C3H3/c1-4-5(2)3;1-3-2/h4H,1H2,2-3H3;1H,2H2. The first-order valence-corrected chi connectivity index (χ1v) is 2.34. The second-order valence-corrected chi connectivity index (χ2v) is 1.49. The smallest absolute Gasteiger partial charge is 0.0196 e. The summed E-state index contributed by atoms with van der Waals surface area (Å²) in [6.45, 7) is 10.6. The van der Waals surface area contributed by atoms with Gasteiger partial charge in [0.25, 0.3) is 0 Å². The Kier molecular flexibility index (Phi) is 12.3. The van der Waals surface area contributed by atoms with Crippen molar-refractivity contribution in [1.29, 1.82) is 0 Å². The fourth-order valence-corrected chi connectivity index (χ4v) is 0. The van der Waals surface area contributed by atoms with Crippen LogP contribution in [0, 0.1) is 25.2 Å². The Labute approximate surface area is 52.6 Å². The third kappa shape index (κ3) is 58.0. The van der Waals surface area contributed by atoms with Crippen LogP contribution in [0.2, 0.25) is 0 Å². The molecule has 0 aromatic heterocycles. The summed E-state index contributed by atoms with van der Waals surface area (Å²) >= 11 is 0. The lowest BCUT2D eigenvalue weighted by Crippen LogP contribution is -1.67. The highest BCUT2D eigenvalue weighted by atomic mass is 13.8. The average molecular weight is 108 g/mol. The van der Waals surface area contributed by atoms with Gasteiger partial charge in [-0.2, -0.15) is 0 Å². The largest absolute Gasteiger partial charge is 0.120 e. The van der Waals surface area contributed by atoms with Crippen molar-refractivity contribution in [3.8, 4) is 12.3 Å². The van der Waals surface area contributed by atoms with Crippen molar-refractivity contribution in [2.45, 2.75) is 13.8 Å². The topological polar surface area (TPSA) is 0 Å². The van der Waals surface area contributed by atoms with E-state index in [4.69, 9.17) is 0 Å². The van der Waals surface area contributed by atoms with E-state index in [0.717, 1.165) is 0 Å². The van der Waals surface area contributed by atoms with Crippen molar-refractivity contribution >= 4 is 0 Å². The number of terminal acetylenes is 1. The zero-order chi connectivity index (χ0) is 6.99. The lowest BCUT2D eigenvalue weighted by Gasteiger charge is -1.83. The summed E-state index contributed by atoms with van der Waals surface area (Å²) in [6.07, 6.45) is 6.32. The molecule has 0 bridgehead atoms. The molecule has 0 aromatic rings. The van der Waals surface area contributed by atoms with Gasteiger partial charge in [0, 0.05) is 6.92 Å². The summed E-state index contributed by atoms with van der Waals surface area (Å²) in [4.78, 5) is 0. The molecule has 0 nitrogen and oxygen atoms in total. The Balaban J connectivity index is 0. The monoisotopic (exact) mass is 108 g/mol. The number of hydrogen-bond donors (Lipinski definition) is 0. The quantitative estimate of drug-likeness (QED) is 0.452. The van der Waals surface area contributed by atoms with E-state index in [1.165, 1.54) is 5.92 Å². The molecule has 0 spiro atoms. The summed E-state index contributed by atoms with van der Waals surface area (Å²) in [5.74, 6) is 3.27. The second kappa shape index (κ2) is 9.57. The van der Waals surface area contributed by atoms with Gasteiger partial charge >= 0.3 is 0 Å². The molecule has 44 valence electrons. The van der Waals surface area contributed by atoms with Crippen LogP contribution in [0.25, 0.3) is 0 Å². The molecular formula is C8H12. The summed E-state index contributed by atoms with van der Waals surface area (Å²) < 4.78 is 0. The Hall–Kier alpha value is -0.700. The maximum atomic E-state index is 4.49. The zero-order valence-electron chi connectivity index (χ0n) is 5.57. The molecule has 0 N–H and O–H groups in total. The van der Waals surface area contributed by atoms with Gasteiger partial charge in [-0.3, -0.25) is 0 Å². The van der Waals surface area contributed by atoms with E-state index in [1.807, 2.05) is 25.8 Å². The Morgan fingerprint density at radius 2 is 1.75 bits per heavy atom. The molecule has 0 atom stereocenters. The molecule has 0 aliphatic rings. The van der Waals surface area contributed by atoms with Gasteiger partial charge in [0.05, 0.1) is 0 Å². The van der Waals surface area contributed by atoms with Crippen LogP contribution >= 0.6 is 0 Å². The van der Waals surface area contributed by atoms with E-state index < -0.39 is 0 Å². The number of rotatable bonds is 1. The minimum Gasteiger partial charge on any atom is -0.120 e. The van der Waals surface area contributed by atoms with Crippen molar-refractivity contribution in [2.24, 2.45) is 0 Å². The highest BCUT2D eigenvalue weighted by Crippen LogP contribution is 1.90. The maximum absolute atomic E-state index is 4.49. The fourth-order valence-electron chi connectivity index (χ4n) is 0. The Morgan fingerprint density at radius 3 is 1.75 bits per heavy atom. The van der Waals surface area contributed by atoms with Crippen LogP contribution in [0.1, 0.15) is 13.8 Å². The van der Waals surface area contributed by atoms with E-state index >= 15 is 0 Å². The first-order chi connectivity index (χ1) is 3.68. The average Bonchev–Trinajstić information content (AvgIpc) is 1.69. The zero-order valence-corrected chi connectivity index (χ0v) is 5.57. The molecule has 0 saturated heterocycles. The summed E-state index contributed by atoms with van der Waals surface area (Å²) in [5.41, 5.74) is 0. The molecule has 0 heteroatoms. The normalized spacial score (nSPS) is 6.38. The molecule has 0 rings (SSSR count). The van der Waals surface area contributed by atoms with Crippen LogP contribution in [-0.4, -0.2) is 0 Å². The first kappa shape index (κ1) is 10.3. The molecule has 0 aliphatic carbocycles. The van der Waals surface area contributed by atoms with E-state index in [1.54, 1.807) is 0 Å². The lowest BCUT2D eigenvalue weighted by molar-refractivity contribution is 1.21. The molecule has 0 heterocycles. The van der Waals surface area contributed by atoms with E-state index in [-0.39, 0.29) is 0 Å². The third-order valence-electron chi connectivity index (χ3n) is 0.408. The number of allylic oxidation sites excluding steroid dienone is 1. The van der Waals surface area contributed by atoms with Gasteiger partial charge in [-0.1, -0.05) is 19.9 Å². The molecule has 0 unspecified atom stereocenters. The minimum atomic E-state index is 1.27. The Morgan fingerprint density at radius 1 is 1.62 bits per heavy atom. The van der Waals surface area contributed by atoms with Gasteiger partial charge in [0.1, 0.15) is 0 Å². The summed E-state index contributed by atoms with van der Waals surface area (Å²) in [6, 6.07) is 0. The lowest BCUT2D eigenvalue weighted by atomic mass is 10.2. The van der Waals surface area contributed by atoms with Crippen LogP contribution in [0.4, 0.5) is 0 Å². The molecule has 0 amide bonds. The second-order valence-electron chi connectivity index (χ2n) is 1.49. The van der Waals surface area contributed by atoms with Crippen LogP contribution < -0.4 is 0 Å². The minimum absolute atomic E-state index is 1.27. The molecule has 0 saturated carbocycles. The third-order valence-corrected chi connectivity index (χ3v) is 0.408. The van der Waals surface area contributed by atoms with Crippen LogP contribution in [0.15, 0.2) is 12.7 Å². The molecule has 8 heavy (non-hydrogen) atoms. The van der Waals surface area contributed by atoms with E-state index in [0.29, 0.717) is 0 Å². The van der Waals surface area contributed by atoms with Crippen LogP contribution in [0.3, 0.4) is 0 Å². The van der Waals surface area contributed by atoms with Crippen molar-refractivity contribution in [3.63, 3.8) is 0 Å². The van der Waals surface area contributed by atoms with Crippen molar-refractivity contribution < 1.29 is 0 Å². The van der Waals surface area contributed by atoms with Gasteiger partial charge in [0.2, 0.25) is 0 Å². The molecule has 0 aromatic carbocycles.